The summed E-state index contributed by atoms with van der Waals surface area (Å²) in [4.78, 5) is 16.6. The van der Waals surface area contributed by atoms with E-state index in [1.807, 2.05) is 36.4 Å². The van der Waals surface area contributed by atoms with Crippen molar-refractivity contribution in [2.75, 3.05) is 18.8 Å². The van der Waals surface area contributed by atoms with Gasteiger partial charge in [-0.25, -0.2) is 9.78 Å². The number of carbonyl (C=O) groups is 1. The number of nitrogens with one attached hydrogen (secondary N) is 1. The Labute approximate surface area is 175 Å². The van der Waals surface area contributed by atoms with Crippen molar-refractivity contribution >= 4 is 28.8 Å². The van der Waals surface area contributed by atoms with E-state index < -0.39 is 5.97 Å². The first kappa shape index (κ1) is 21.4. The maximum absolute atomic E-state index is 11.2. The Morgan fingerprint density at radius 3 is 2.55 bits per heavy atom. The molecule has 0 radical (unpaired) electrons. The second-order valence-corrected chi connectivity index (χ2v) is 8.13. The highest BCUT2D eigenvalue weighted by atomic mass is 32.2. The number of oxazole rings is 1. The molecular formula is C23H28N2O3S. The van der Waals surface area contributed by atoms with Gasteiger partial charge in [0.2, 0.25) is 0 Å². The number of thioether (sulfide) groups is 1. The van der Waals surface area contributed by atoms with E-state index in [1.165, 1.54) is 0 Å². The first-order valence-electron chi connectivity index (χ1n) is 10.2. The monoisotopic (exact) mass is 412 g/mol. The van der Waals surface area contributed by atoms with Crippen molar-refractivity contribution in [3.8, 4) is 0 Å². The van der Waals surface area contributed by atoms with Crippen LogP contribution in [-0.4, -0.2) is 34.9 Å². The summed E-state index contributed by atoms with van der Waals surface area (Å²) in [6.45, 7) is 2.04. The van der Waals surface area contributed by atoms with E-state index in [1.54, 1.807) is 23.9 Å². The Kier molecular flexibility index (Phi) is 8.58. The average Bonchev–Trinajstić information content (AvgIpc) is 3.15. The summed E-state index contributed by atoms with van der Waals surface area (Å²) in [6.07, 6.45) is 6.45. The normalized spacial score (nSPS) is 11.2. The Morgan fingerprint density at radius 2 is 1.72 bits per heavy atom. The Balaban J connectivity index is 1.18. The number of benzene rings is 2. The second kappa shape index (κ2) is 11.6. The molecule has 0 fully saturated rings. The van der Waals surface area contributed by atoms with E-state index in [9.17, 15) is 9.90 Å². The predicted octanol–water partition coefficient (Wildman–Crippen LogP) is 5.40. The van der Waals surface area contributed by atoms with Gasteiger partial charge in [-0.15, -0.1) is 11.8 Å². The number of carboxylic acid groups (broad SMARTS) is 1. The van der Waals surface area contributed by atoms with Crippen molar-refractivity contribution in [1.29, 1.82) is 0 Å². The molecule has 3 rings (SSSR count). The quantitative estimate of drug-likeness (QED) is 0.289. The van der Waals surface area contributed by atoms with Crippen LogP contribution in [-0.2, 0) is 6.42 Å². The van der Waals surface area contributed by atoms with Gasteiger partial charge in [-0.3, -0.25) is 0 Å². The number of rotatable bonds is 13. The van der Waals surface area contributed by atoms with Gasteiger partial charge in [0, 0.05) is 11.3 Å². The summed E-state index contributed by atoms with van der Waals surface area (Å²) in [5, 5.41) is 12.7. The molecule has 3 aromatic rings. The van der Waals surface area contributed by atoms with Crippen molar-refractivity contribution in [1.82, 2.24) is 10.3 Å². The maximum atomic E-state index is 11.2. The lowest BCUT2D eigenvalue weighted by atomic mass is 10.2. The fraction of sp³-hybridized carbons (Fsp3) is 0.391. The Hall–Kier alpha value is -2.31. The second-order valence-electron chi connectivity index (χ2n) is 6.99. The molecule has 2 aromatic carbocycles. The fourth-order valence-corrected chi connectivity index (χ4v) is 4.21. The minimum absolute atomic E-state index is 0.400. The van der Waals surface area contributed by atoms with Gasteiger partial charge < -0.3 is 14.8 Å². The fourth-order valence-electron chi connectivity index (χ4n) is 3.16. The number of hydrogen-bond donors (Lipinski definition) is 2. The minimum Gasteiger partial charge on any atom is -0.478 e. The molecule has 0 saturated heterocycles. The molecule has 0 spiro atoms. The highest BCUT2D eigenvalue weighted by Gasteiger charge is 2.08. The van der Waals surface area contributed by atoms with Crippen LogP contribution in [0.5, 0.6) is 0 Å². The predicted molar refractivity (Wildman–Crippen MR) is 118 cm³/mol. The van der Waals surface area contributed by atoms with Gasteiger partial charge in [0.25, 0.3) is 0 Å². The smallest absolute Gasteiger partial charge is 0.336 e. The molecule has 2 N–H and O–H groups in total. The number of aromatic nitrogens is 1. The van der Waals surface area contributed by atoms with Gasteiger partial charge >= 0.3 is 5.97 Å². The third-order valence-corrected chi connectivity index (χ3v) is 5.87. The van der Waals surface area contributed by atoms with Gasteiger partial charge in [0.05, 0.1) is 5.56 Å². The van der Waals surface area contributed by atoms with Crippen LogP contribution in [0.4, 0.5) is 0 Å². The lowest BCUT2D eigenvalue weighted by molar-refractivity contribution is 0.0693. The van der Waals surface area contributed by atoms with E-state index in [0.717, 1.165) is 79.3 Å². The molecule has 5 nitrogen and oxygen atoms in total. The van der Waals surface area contributed by atoms with Gasteiger partial charge in [0.1, 0.15) is 5.52 Å². The molecule has 0 aliphatic rings. The average molecular weight is 413 g/mol. The number of hydrogen-bond acceptors (Lipinski definition) is 5. The molecule has 0 bridgehead atoms. The lowest BCUT2D eigenvalue weighted by Gasteiger charge is -2.06. The SMILES string of the molecule is O=C(O)c1ccccc1SCCCCCNCCCCc1nc2ccccc2o1. The molecule has 1 heterocycles. The van der Waals surface area contributed by atoms with Crippen LogP contribution in [0.3, 0.4) is 0 Å². The number of nitrogens with zero attached hydrogens (tertiary/aromatic N) is 1. The molecule has 1 aromatic heterocycles. The van der Waals surface area contributed by atoms with Gasteiger partial charge in [-0.2, -0.15) is 0 Å². The van der Waals surface area contributed by atoms with Gasteiger partial charge in [-0.05, 0) is 68.8 Å². The number of fused-ring (bicyclic) bond motifs is 1. The van der Waals surface area contributed by atoms with Crippen molar-refractivity contribution in [3.63, 3.8) is 0 Å². The van der Waals surface area contributed by atoms with Crippen LogP contribution in [0.1, 0.15) is 48.4 Å². The first-order valence-corrected chi connectivity index (χ1v) is 11.2. The zero-order valence-corrected chi connectivity index (χ0v) is 17.4. The molecule has 154 valence electrons. The molecule has 6 heteroatoms. The van der Waals surface area contributed by atoms with Crippen LogP contribution < -0.4 is 5.32 Å². The van der Waals surface area contributed by atoms with E-state index >= 15 is 0 Å². The summed E-state index contributed by atoms with van der Waals surface area (Å²) >= 11 is 1.63. The van der Waals surface area contributed by atoms with Crippen molar-refractivity contribution in [2.24, 2.45) is 0 Å². The number of aryl methyl sites for hydroxylation is 1. The van der Waals surface area contributed by atoms with Crippen LogP contribution >= 0.6 is 11.8 Å². The van der Waals surface area contributed by atoms with Crippen molar-refractivity contribution in [2.45, 2.75) is 43.4 Å². The maximum Gasteiger partial charge on any atom is 0.336 e. The van der Waals surface area contributed by atoms with Crippen LogP contribution in [0.15, 0.2) is 57.8 Å². The van der Waals surface area contributed by atoms with E-state index in [4.69, 9.17) is 4.42 Å². The summed E-state index contributed by atoms with van der Waals surface area (Å²) in [5.74, 6) is 0.927. The number of para-hydroxylation sites is 2. The lowest BCUT2D eigenvalue weighted by Crippen LogP contribution is -2.16. The molecule has 0 saturated carbocycles. The third kappa shape index (κ3) is 6.91. The summed E-state index contributed by atoms with van der Waals surface area (Å²) in [6, 6.07) is 15.1. The van der Waals surface area contributed by atoms with E-state index in [0.29, 0.717) is 5.56 Å². The number of carboxylic acids is 1. The summed E-state index contributed by atoms with van der Waals surface area (Å²) < 4.78 is 5.74. The molecule has 29 heavy (non-hydrogen) atoms. The molecule has 0 unspecified atom stereocenters. The number of aromatic carboxylic acids is 1. The largest absolute Gasteiger partial charge is 0.478 e. The van der Waals surface area contributed by atoms with Gasteiger partial charge in [0.15, 0.2) is 11.5 Å². The summed E-state index contributed by atoms with van der Waals surface area (Å²) in [5.41, 5.74) is 2.20. The van der Waals surface area contributed by atoms with Crippen LogP contribution in [0, 0.1) is 0 Å². The van der Waals surface area contributed by atoms with Crippen LogP contribution in [0.2, 0.25) is 0 Å². The molecule has 0 aliphatic carbocycles. The highest BCUT2D eigenvalue weighted by molar-refractivity contribution is 7.99. The zero-order chi connectivity index (χ0) is 20.3. The zero-order valence-electron chi connectivity index (χ0n) is 16.6. The van der Waals surface area contributed by atoms with E-state index in [-0.39, 0.29) is 0 Å². The summed E-state index contributed by atoms with van der Waals surface area (Å²) in [7, 11) is 0. The Morgan fingerprint density at radius 1 is 0.966 bits per heavy atom. The minimum atomic E-state index is -0.853. The molecule has 0 aliphatic heterocycles. The first-order chi connectivity index (χ1) is 14.2. The van der Waals surface area contributed by atoms with Crippen molar-refractivity contribution < 1.29 is 14.3 Å². The van der Waals surface area contributed by atoms with E-state index in [2.05, 4.69) is 10.3 Å². The Bertz CT molecular complexity index is 877. The standard InChI is InChI=1S/C23H28N2O3S/c26-23(27)18-10-2-5-13-21(18)29-17-9-1-7-15-24-16-8-6-14-22-25-19-11-3-4-12-20(19)28-22/h2-5,10-13,24H,1,6-9,14-17H2,(H,26,27). The third-order valence-electron chi connectivity index (χ3n) is 4.71. The van der Waals surface area contributed by atoms with Crippen molar-refractivity contribution in [3.05, 3.63) is 60.0 Å². The topological polar surface area (TPSA) is 75.4 Å². The molecular weight excluding hydrogens is 384 g/mol. The molecule has 0 atom stereocenters. The molecule has 0 amide bonds. The highest BCUT2D eigenvalue weighted by Crippen LogP contribution is 2.23. The van der Waals surface area contributed by atoms with Crippen LogP contribution in [0.25, 0.3) is 11.1 Å². The number of unbranched alkanes of at least 4 members (excludes halogenated alkanes) is 3. The van der Waals surface area contributed by atoms with Gasteiger partial charge in [-0.1, -0.05) is 30.7 Å².